The van der Waals surface area contributed by atoms with Crippen molar-refractivity contribution in [3.05, 3.63) is 11.4 Å². The van der Waals surface area contributed by atoms with Gasteiger partial charge in [0, 0.05) is 31.6 Å². The van der Waals surface area contributed by atoms with Crippen molar-refractivity contribution < 1.29 is 0 Å². The fourth-order valence-corrected chi connectivity index (χ4v) is 3.03. The third kappa shape index (κ3) is 3.22. The van der Waals surface area contributed by atoms with Crippen LogP contribution in [0.15, 0.2) is 0 Å². The molecule has 1 aromatic heterocycles. The summed E-state index contributed by atoms with van der Waals surface area (Å²) in [4.78, 5) is 11.9. The summed E-state index contributed by atoms with van der Waals surface area (Å²) in [5.74, 6) is 3.09. The molecule has 112 valence electrons. The topological polar surface area (TPSA) is 41.1 Å². The summed E-state index contributed by atoms with van der Waals surface area (Å²) >= 11 is 0. The van der Waals surface area contributed by atoms with Crippen molar-refractivity contribution in [3.8, 4) is 0 Å². The van der Waals surface area contributed by atoms with E-state index in [1.807, 2.05) is 0 Å². The van der Waals surface area contributed by atoms with E-state index >= 15 is 0 Å². The summed E-state index contributed by atoms with van der Waals surface area (Å²) in [5.41, 5.74) is 1.18. The van der Waals surface area contributed by atoms with E-state index in [-0.39, 0.29) is 0 Å². The average Bonchev–Trinajstić information content (AvgIpc) is 2.96. The molecule has 0 atom stereocenters. The summed E-state index contributed by atoms with van der Waals surface area (Å²) in [6.07, 6.45) is 7.31. The molecule has 1 aliphatic rings. The highest BCUT2D eigenvalue weighted by atomic mass is 15.2. The first-order valence-corrected chi connectivity index (χ1v) is 8.01. The summed E-state index contributed by atoms with van der Waals surface area (Å²) < 4.78 is 0. The van der Waals surface area contributed by atoms with Gasteiger partial charge in [-0.05, 0) is 33.1 Å². The number of nitrogens with one attached hydrogen (secondary N) is 1. The van der Waals surface area contributed by atoms with E-state index in [0.717, 1.165) is 36.8 Å². The normalized spacial score (nSPS) is 15.6. The molecule has 4 heteroatoms. The zero-order valence-corrected chi connectivity index (χ0v) is 13.4. The van der Waals surface area contributed by atoms with Crippen LogP contribution in [0, 0.1) is 6.92 Å². The van der Waals surface area contributed by atoms with Crippen molar-refractivity contribution in [2.45, 2.75) is 65.3 Å². The molecule has 0 spiro atoms. The Bertz CT molecular complexity index is 438. The van der Waals surface area contributed by atoms with Crippen molar-refractivity contribution in [2.24, 2.45) is 0 Å². The number of rotatable bonds is 6. The molecule has 1 N–H and O–H groups in total. The van der Waals surface area contributed by atoms with Gasteiger partial charge in [0.1, 0.15) is 17.5 Å². The van der Waals surface area contributed by atoms with Crippen LogP contribution in [0.3, 0.4) is 0 Å². The first-order chi connectivity index (χ1) is 9.67. The molecular formula is C16H28N4. The lowest BCUT2D eigenvalue weighted by Crippen LogP contribution is -2.31. The van der Waals surface area contributed by atoms with Crippen LogP contribution in [-0.2, 0) is 6.42 Å². The highest BCUT2D eigenvalue weighted by Gasteiger charge is 2.23. The van der Waals surface area contributed by atoms with E-state index in [9.17, 15) is 0 Å². The standard InChI is InChI=1S/C16H28N4/c1-5-9-14-18-15(17-6-2)12(3)16(19-14)20(4)13-10-7-8-11-13/h13H,5-11H2,1-4H3,(H,17,18,19). The summed E-state index contributed by atoms with van der Waals surface area (Å²) in [7, 11) is 2.19. The summed E-state index contributed by atoms with van der Waals surface area (Å²) in [6, 6.07) is 0.646. The van der Waals surface area contributed by atoms with Gasteiger partial charge in [-0.2, -0.15) is 0 Å². The van der Waals surface area contributed by atoms with Crippen LogP contribution in [-0.4, -0.2) is 29.6 Å². The second-order valence-electron chi connectivity index (χ2n) is 5.77. The van der Waals surface area contributed by atoms with Crippen LogP contribution in [0.2, 0.25) is 0 Å². The fraction of sp³-hybridized carbons (Fsp3) is 0.750. The van der Waals surface area contributed by atoms with Gasteiger partial charge < -0.3 is 10.2 Å². The first kappa shape index (κ1) is 15.1. The Morgan fingerprint density at radius 3 is 2.50 bits per heavy atom. The van der Waals surface area contributed by atoms with Crippen LogP contribution < -0.4 is 10.2 Å². The maximum atomic E-state index is 4.82. The molecule has 1 fully saturated rings. The predicted octanol–water partition coefficient (Wildman–Crippen LogP) is 3.55. The minimum atomic E-state index is 0.646. The van der Waals surface area contributed by atoms with Gasteiger partial charge in [-0.3, -0.25) is 0 Å². The lowest BCUT2D eigenvalue weighted by atomic mass is 10.2. The number of aryl methyl sites for hydroxylation is 1. The average molecular weight is 276 g/mol. The van der Waals surface area contributed by atoms with Crippen molar-refractivity contribution >= 4 is 11.6 Å². The van der Waals surface area contributed by atoms with E-state index in [1.54, 1.807) is 0 Å². The van der Waals surface area contributed by atoms with Crippen LogP contribution >= 0.6 is 0 Å². The van der Waals surface area contributed by atoms with Gasteiger partial charge in [0.2, 0.25) is 0 Å². The smallest absolute Gasteiger partial charge is 0.137 e. The molecule has 4 nitrogen and oxygen atoms in total. The zero-order valence-electron chi connectivity index (χ0n) is 13.4. The zero-order chi connectivity index (χ0) is 14.5. The van der Waals surface area contributed by atoms with E-state index in [0.29, 0.717) is 6.04 Å². The minimum absolute atomic E-state index is 0.646. The molecule has 1 aromatic rings. The van der Waals surface area contributed by atoms with Gasteiger partial charge in [-0.25, -0.2) is 9.97 Å². The molecule has 0 amide bonds. The molecule has 0 aromatic carbocycles. The molecule has 2 rings (SSSR count). The van der Waals surface area contributed by atoms with Crippen molar-refractivity contribution in [3.63, 3.8) is 0 Å². The first-order valence-electron chi connectivity index (χ1n) is 8.01. The predicted molar refractivity (Wildman–Crippen MR) is 85.6 cm³/mol. The lowest BCUT2D eigenvalue weighted by molar-refractivity contribution is 0.641. The Kier molecular flexibility index (Phi) is 5.21. The van der Waals surface area contributed by atoms with Crippen LogP contribution in [0.25, 0.3) is 0 Å². The van der Waals surface area contributed by atoms with Gasteiger partial charge in [0.05, 0.1) is 0 Å². The molecule has 0 saturated heterocycles. The van der Waals surface area contributed by atoms with E-state index in [1.165, 1.54) is 31.2 Å². The summed E-state index contributed by atoms with van der Waals surface area (Å²) in [6.45, 7) is 7.32. The highest BCUT2D eigenvalue weighted by Crippen LogP contribution is 2.30. The van der Waals surface area contributed by atoms with Gasteiger partial charge >= 0.3 is 0 Å². The molecule has 0 bridgehead atoms. The molecule has 1 saturated carbocycles. The van der Waals surface area contributed by atoms with Crippen LogP contribution in [0.5, 0.6) is 0 Å². The molecule has 0 aliphatic heterocycles. The Balaban J connectivity index is 2.33. The number of hydrogen-bond donors (Lipinski definition) is 1. The Hall–Kier alpha value is -1.32. The number of aromatic nitrogens is 2. The Labute approximate surface area is 123 Å². The molecule has 0 unspecified atom stereocenters. The monoisotopic (exact) mass is 276 g/mol. The third-order valence-electron chi connectivity index (χ3n) is 4.19. The third-order valence-corrected chi connectivity index (χ3v) is 4.19. The van der Waals surface area contributed by atoms with Crippen molar-refractivity contribution in [2.75, 3.05) is 23.8 Å². The number of anilines is 2. The highest BCUT2D eigenvalue weighted by molar-refractivity contribution is 5.58. The SMILES string of the molecule is CCCc1nc(NCC)c(C)c(N(C)C2CCCC2)n1. The minimum Gasteiger partial charge on any atom is -0.370 e. The van der Waals surface area contributed by atoms with E-state index in [2.05, 4.69) is 43.0 Å². The fourth-order valence-electron chi connectivity index (χ4n) is 3.03. The maximum absolute atomic E-state index is 4.82. The van der Waals surface area contributed by atoms with Gasteiger partial charge in [0.25, 0.3) is 0 Å². The van der Waals surface area contributed by atoms with E-state index < -0.39 is 0 Å². The number of nitrogens with zero attached hydrogens (tertiary/aromatic N) is 3. The largest absolute Gasteiger partial charge is 0.370 e. The van der Waals surface area contributed by atoms with Gasteiger partial charge in [-0.15, -0.1) is 0 Å². The second-order valence-corrected chi connectivity index (χ2v) is 5.77. The van der Waals surface area contributed by atoms with Crippen LogP contribution in [0.4, 0.5) is 11.6 Å². The quantitative estimate of drug-likeness (QED) is 0.862. The van der Waals surface area contributed by atoms with Crippen LogP contribution in [0.1, 0.15) is 57.3 Å². The summed E-state index contributed by atoms with van der Waals surface area (Å²) in [5, 5.41) is 3.38. The molecular weight excluding hydrogens is 248 g/mol. The Morgan fingerprint density at radius 2 is 1.90 bits per heavy atom. The molecule has 20 heavy (non-hydrogen) atoms. The molecule has 1 aliphatic carbocycles. The second kappa shape index (κ2) is 6.91. The van der Waals surface area contributed by atoms with E-state index in [4.69, 9.17) is 4.98 Å². The maximum Gasteiger partial charge on any atom is 0.137 e. The Morgan fingerprint density at radius 1 is 1.20 bits per heavy atom. The number of hydrogen-bond acceptors (Lipinski definition) is 4. The van der Waals surface area contributed by atoms with Gasteiger partial charge in [0.15, 0.2) is 0 Å². The molecule has 1 heterocycles. The van der Waals surface area contributed by atoms with Crippen molar-refractivity contribution in [1.29, 1.82) is 0 Å². The lowest BCUT2D eigenvalue weighted by Gasteiger charge is -2.28. The molecule has 0 radical (unpaired) electrons. The van der Waals surface area contributed by atoms with Gasteiger partial charge in [-0.1, -0.05) is 19.8 Å². The van der Waals surface area contributed by atoms with Crippen molar-refractivity contribution in [1.82, 2.24) is 9.97 Å².